The molecular formula is C15H18N4O2. The maximum atomic E-state index is 11.9. The zero-order chi connectivity index (χ0) is 14.5. The lowest BCUT2D eigenvalue weighted by Gasteiger charge is -2.26. The monoisotopic (exact) mass is 286 g/mol. The van der Waals surface area contributed by atoms with E-state index in [-0.39, 0.29) is 5.91 Å². The number of anilines is 1. The summed E-state index contributed by atoms with van der Waals surface area (Å²) >= 11 is 0. The molecule has 0 spiro atoms. The van der Waals surface area contributed by atoms with Crippen LogP contribution >= 0.6 is 0 Å². The van der Waals surface area contributed by atoms with Crippen LogP contribution in [0.4, 0.5) is 5.69 Å². The average Bonchev–Trinajstić information content (AvgIpc) is 3.05. The van der Waals surface area contributed by atoms with E-state index in [4.69, 9.17) is 4.74 Å². The molecule has 2 aromatic rings. The van der Waals surface area contributed by atoms with Gasteiger partial charge in [-0.15, -0.1) is 0 Å². The second kappa shape index (κ2) is 6.51. The molecule has 21 heavy (non-hydrogen) atoms. The van der Waals surface area contributed by atoms with Gasteiger partial charge in [-0.2, -0.15) is 0 Å². The zero-order valence-corrected chi connectivity index (χ0v) is 11.7. The van der Waals surface area contributed by atoms with E-state index in [1.165, 1.54) is 0 Å². The smallest absolute Gasteiger partial charge is 0.272 e. The molecule has 3 heterocycles. The number of nitrogens with zero attached hydrogens (tertiary/aromatic N) is 2. The van der Waals surface area contributed by atoms with Crippen molar-refractivity contribution in [3.8, 4) is 0 Å². The fraction of sp³-hybridized carbons (Fsp3) is 0.333. The first-order valence-electron chi connectivity index (χ1n) is 7.01. The molecule has 0 atom stereocenters. The first kappa shape index (κ1) is 13.8. The Morgan fingerprint density at radius 2 is 2.19 bits per heavy atom. The molecule has 1 aliphatic rings. The lowest BCUT2D eigenvalue weighted by molar-refractivity contribution is 0.0336. The van der Waals surface area contributed by atoms with Gasteiger partial charge in [0.15, 0.2) is 0 Å². The summed E-state index contributed by atoms with van der Waals surface area (Å²) in [5, 5.41) is 2.81. The van der Waals surface area contributed by atoms with E-state index in [0.717, 1.165) is 38.5 Å². The van der Waals surface area contributed by atoms with Crippen molar-refractivity contribution in [2.75, 3.05) is 31.6 Å². The molecule has 2 N–H and O–H groups in total. The van der Waals surface area contributed by atoms with Gasteiger partial charge in [0.1, 0.15) is 5.69 Å². The molecule has 0 saturated carbocycles. The summed E-state index contributed by atoms with van der Waals surface area (Å²) in [7, 11) is 0. The normalized spacial score (nSPS) is 15.8. The summed E-state index contributed by atoms with van der Waals surface area (Å²) in [6.45, 7) is 4.25. The highest BCUT2D eigenvalue weighted by molar-refractivity contribution is 6.02. The van der Waals surface area contributed by atoms with Gasteiger partial charge in [0.2, 0.25) is 0 Å². The Labute approximate surface area is 123 Å². The second-order valence-electron chi connectivity index (χ2n) is 4.96. The molecule has 0 aliphatic carbocycles. The van der Waals surface area contributed by atoms with Gasteiger partial charge in [-0.25, -0.2) is 0 Å². The number of pyridine rings is 1. The number of amides is 1. The Morgan fingerprint density at radius 3 is 2.86 bits per heavy atom. The van der Waals surface area contributed by atoms with Gasteiger partial charge in [-0.05, 0) is 24.3 Å². The van der Waals surface area contributed by atoms with Crippen molar-refractivity contribution in [1.29, 1.82) is 0 Å². The molecule has 1 saturated heterocycles. The molecule has 2 aromatic heterocycles. The number of rotatable bonds is 4. The molecule has 6 heteroatoms. The summed E-state index contributed by atoms with van der Waals surface area (Å²) in [6.07, 6.45) is 3.41. The molecule has 1 amide bonds. The molecule has 0 radical (unpaired) electrons. The Morgan fingerprint density at radius 1 is 1.33 bits per heavy atom. The highest BCUT2D eigenvalue weighted by atomic mass is 16.5. The fourth-order valence-electron chi connectivity index (χ4n) is 2.25. The molecule has 0 unspecified atom stereocenters. The molecule has 1 fully saturated rings. The first-order chi connectivity index (χ1) is 10.3. The van der Waals surface area contributed by atoms with Crippen LogP contribution in [0.5, 0.6) is 0 Å². The number of ether oxygens (including phenoxy) is 1. The SMILES string of the molecule is O=C(Nc1ccc(CN2CCOCC2)nc1)c1ccc[nH]1. The summed E-state index contributed by atoms with van der Waals surface area (Å²) in [4.78, 5) is 21.5. The maximum Gasteiger partial charge on any atom is 0.272 e. The van der Waals surface area contributed by atoms with Crippen LogP contribution < -0.4 is 5.32 Å². The maximum absolute atomic E-state index is 11.9. The molecule has 3 rings (SSSR count). The number of carbonyl (C=O) groups is 1. The second-order valence-corrected chi connectivity index (χ2v) is 4.96. The van der Waals surface area contributed by atoms with Crippen molar-refractivity contribution in [1.82, 2.24) is 14.9 Å². The third kappa shape index (κ3) is 3.68. The van der Waals surface area contributed by atoms with Crippen molar-refractivity contribution < 1.29 is 9.53 Å². The Hall–Kier alpha value is -2.18. The minimum absolute atomic E-state index is 0.164. The van der Waals surface area contributed by atoms with E-state index < -0.39 is 0 Å². The zero-order valence-electron chi connectivity index (χ0n) is 11.7. The minimum atomic E-state index is -0.164. The summed E-state index contributed by atoms with van der Waals surface area (Å²) < 4.78 is 5.32. The van der Waals surface area contributed by atoms with Gasteiger partial charge >= 0.3 is 0 Å². The van der Waals surface area contributed by atoms with Crippen LogP contribution in [-0.4, -0.2) is 47.1 Å². The van der Waals surface area contributed by atoms with Gasteiger partial charge in [0.25, 0.3) is 5.91 Å². The average molecular weight is 286 g/mol. The summed E-state index contributed by atoms with van der Waals surface area (Å²) in [6, 6.07) is 7.34. The fourth-order valence-corrected chi connectivity index (χ4v) is 2.25. The summed E-state index contributed by atoms with van der Waals surface area (Å²) in [5.74, 6) is -0.164. The number of nitrogens with one attached hydrogen (secondary N) is 2. The van der Waals surface area contributed by atoms with Crippen molar-refractivity contribution in [2.24, 2.45) is 0 Å². The third-order valence-corrected chi connectivity index (χ3v) is 3.41. The van der Waals surface area contributed by atoms with Gasteiger partial charge < -0.3 is 15.0 Å². The number of H-pyrrole nitrogens is 1. The predicted molar refractivity (Wildman–Crippen MR) is 79.1 cm³/mol. The quantitative estimate of drug-likeness (QED) is 0.893. The first-order valence-corrected chi connectivity index (χ1v) is 7.01. The van der Waals surface area contributed by atoms with Crippen molar-refractivity contribution in [2.45, 2.75) is 6.54 Å². The van der Waals surface area contributed by atoms with Gasteiger partial charge in [-0.1, -0.05) is 0 Å². The van der Waals surface area contributed by atoms with Gasteiger partial charge in [0, 0.05) is 25.8 Å². The van der Waals surface area contributed by atoms with E-state index >= 15 is 0 Å². The molecule has 6 nitrogen and oxygen atoms in total. The van der Waals surface area contributed by atoms with E-state index in [2.05, 4.69) is 20.2 Å². The molecule has 0 aromatic carbocycles. The lowest BCUT2D eigenvalue weighted by Crippen LogP contribution is -2.35. The van der Waals surface area contributed by atoms with Crippen LogP contribution in [0.3, 0.4) is 0 Å². The highest BCUT2D eigenvalue weighted by Gasteiger charge is 2.11. The van der Waals surface area contributed by atoms with E-state index in [9.17, 15) is 4.79 Å². The molecule has 0 bridgehead atoms. The van der Waals surface area contributed by atoms with Crippen LogP contribution in [0.2, 0.25) is 0 Å². The highest BCUT2D eigenvalue weighted by Crippen LogP contribution is 2.10. The van der Waals surface area contributed by atoms with Crippen molar-refractivity contribution in [3.05, 3.63) is 48.0 Å². The lowest BCUT2D eigenvalue weighted by atomic mass is 10.3. The number of aromatic amines is 1. The molecule has 110 valence electrons. The number of hydrogen-bond donors (Lipinski definition) is 2. The number of aromatic nitrogens is 2. The summed E-state index contributed by atoms with van der Waals surface area (Å²) in [5.41, 5.74) is 2.22. The molecule has 1 aliphatic heterocycles. The number of morpholine rings is 1. The van der Waals surface area contributed by atoms with E-state index in [0.29, 0.717) is 11.4 Å². The van der Waals surface area contributed by atoms with Gasteiger partial charge in [0.05, 0.1) is 30.8 Å². The Kier molecular flexibility index (Phi) is 4.28. The van der Waals surface area contributed by atoms with Crippen LogP contribution in [0, 0.1) is 0 Å². The minimum Gasteiger partial charge on any atom is -0.379 e. The largest absolute Gasteiger partial charge is 0.379 e. The Bertz CT molecular complexity index is 574. The van der Waals surface area contributed by atoms with Crippen LogP contribution in [-0.2, 0) is 11.3 Å². The predicted octanol–water partition coefficient (Wildman–Crippen LogP) is 1.49. The van der Waals surface area contributed by atoms with Crippen LogP contribution in [0.15, 0.2) is 36.7 Å². The molecular weight excluding hydrogens is 268 g/mol. The number of carbonyl (C=O) groups excluding carboxylic acids is 1. The van der Waals surface area contributed by atoms with Crippen LogP contribution in [0.25, 0.3) is 0 Å². The standard InChI is InChI=1S/C15H18N4O2/c20-15(14-2-1-5-16-14)18-12-3-4-13(17-10-12)11-19-6-8-21-9-7-19/h1-5,10,16H,6-9,11H2,(H,18,20). The van der Waals surface area contributed by atoms with Crippen molar-refractivity contribution >= 4 is 11.6 Å². The third-order valence-electron chi connectivity index (χ3n) is 3.41. The van der Waals surface area contributed by atoms with Gasteiger partial charge in [-0.3, -0.25) is 14.7 Å². The Balaban J connectivity index is 1.57. The van der Waals surface area contributed by atoms with Crippen LogP contribution in [0.1, 0.15) is 16.2 Å². The van der Waals surface area contributed by atoms with Crippen molar-refractivity contribution in [3.63, 3.8) is 0 Å². The van der Waals surface area contributed by atoms with E-state index in [1.807, 2.05) is 12.1 Å². The topological polar surface area (TPSA) is 70.2 Å². The van der Waals surface area contributed by atoms with E-state index in [1.54, 1.807) is 24.5 Å². The number of hydrogen-bond acceptors (Lipinski definition) is 4.